The Morgan fingerprint density at radius 1 is 1.29 bits per heavy atom. The zero-order valence-electron chi connectivity index (χ0n) is 10.9. The van der Waals surface area contributed by atoms with Gasteiger partial charge in [0.25, 0.3) is 5.69 Å². The van der Waals surface area contributed by atoms with Crippen LogP contribution >= 0.6 is 15.9 Å². The van der Waals surface area contributed by atoms with Gasteiger partial charge in [-0.1, -0.05) is 0 Å². The topological polar surface area (TPSA) is 89.7 Å². The van der Waals surface area contributed by atoms with Crippen LogP contribution in [0.15, 0.2) is 40.9 Å². The smallest absolute Gasteiger partial charge is 0.335 e. The van der Waals surface area contributed by atoms with Gasteiger partial charge in [-0.2, -0.15) is 0 Å². The van der Waals surface area contributed by atoms with Crippen molar-refractivity contribution in [3.8, 4) is 11.5 Å². The van der Waals surface area contributed by atoms with Gasteiger partial charge in [0, 0.05) is 12.1 Å². The van der Waals surface area contributed by atoms with Crippen molar-refractivity contribution in [2.45, 2.75) is 6.92 Å². The Balaban J connectivity index is 2.28. The third-order valence-electron chi connectivity index (χ3n) is 2.78. The third kappa shape index (κ3) is 3.38. The minimum Gasteiger partial charge on any atom is -0.478 e. The van der Waals surface area contributed by atoms with Gasteiger partial charge < -0.3 is 9.84 Å². The second kappa shape index (κ2) is 5.92. The average Bonchev–Trinajstić information content (AvgIpc) is 2.40. The molecule has 7 heteroatoms. The maximum Gasteiger partial charge on any atom is 0.335 e. The average molecular weight is 352 g/mol. The van der Waals surface area contributed by atoms with E-state index in [1.807, 2.05) is 0 Å². The number of aryl methyl sites for hydroxylation is 1. The molecule has 2 rings (SSSR count). The highest BCUT2D eigenvalue weighted by molar-refractivity contribution is 9.10. The second-order valence-electron chi connectivity index (χ2n) is 4.26. The summed E-state index contributed by atoms with van der Waals surface area (Å²) in [7, 11) is 0. The first-order chi connectivity index (χ1) is 9.88. The van der Waals surface area contributed by atoms with Gasteiger partial charge in [0.1, 0.15) is 11.5 Å². The van der Waals surface area contributed by atoms with Crippen LogP contribution in [0.3, 0.4) is 0 Å². The lowest BCUT2D eigenvalue weighted by atomic mass is 10.1. The van der Waals surface area contributed by atoms with Gasteiger partial charge in [-0.25, -0.2) is 4.79 Å². The summed E-state index contributed by atoms with van der Waals surface area (Å²) >= 11 is 3.21. The van der Waals surface area contributed by atoms with Crippen molar-refractivity contribution >= 4 is 27.6 Å². The van der Waals surface area contributed by atoms with Crippen LogP contribution in [0.2, 0.25) is 0 Å². The molecule has 0 aliphatic rings. The lowest BCUT2D eigenvalue weighted by molar-refractivity contribution is -0.384. The largest absolute Gasteiger partial charge is 0.478 e. The number of nitro groups is 1. The molecule has 0 aliphatic heterocycles. The molecule has 0 spiro atoms. The molecule has 0 unspecified atom stereocenters. The van der Waals surface area contributed by atoms with Gasteiger partial charge in [0.15, 0.2) is 0 Å². The molecule has 0 aromatic heterocycles. The molecule has 0 amide bonds. The molecular weight excluding hydrogens is 342 g/mol. The van der Waals surface area contributed by atoms with E-state index >= 15 is 0 Å². The first-order valence-electron chi connectivity index (χ1n) is 5.84. The number of nitrogens with zero attached hydrogens (tertiary/aromatic N) is 1. The minimum atomic E-state index is -1.00. The quantitative estimate of drug-likeness (QED) is 0.659. The normalized spacial score (nSPS) is 10.2. The van der Waals surface area contributed by atoms with Crippen LogP contribution < -0.4 is 4.74 Å². The summed E-state index contributed by atoms with van der Waals surface area (Å²) in [4.78, 5) is 21.1. The van der Waals surface area contributed by atoms with Crippen molar-refractivity contribution in [2.75, 3.05) is 0 Å². The molecule has 0 saturated heterocycles. The summed E-state index contributed by atoms with van der Waals surface area (Å²) in [5.41, 5.74) is 0.717. The van der Waals surface area contributed by atoms with Gasteiger partial charge >= 0.3 is 5.97 Å². The highest BCUT2D eigenvalue weighted by Crippen LogP contribution is 2.33. The number of carboxylic acid groups (broad SMARTS) is 1. The zero-order chi connectivity index (χ0) is 15.6. The molecule has 0 saturated carbocycles. The van der Waals surface area contributed by atoms with Crippen molar-refractivity contribution in [3.63, 3.8) is 0 Å². The molecule has 2 aromatic rings. The number of ether oxygens (including phenoxy) is 1. The number of hydrogen-bond donors (Lipinski definition) is 1. The number of hydrogen-bond acceptors (Lipinski definition) is 4. The van der Waals surface area contributed by atoms with Gasteiger partial charge in [0.2, 0.25) is 0 Å². The molecule has 2 aromatic carbocycles. The van der Waals surface area contributed by atoms with E-state index < -0.39 is 10.9 Å². The van der Waals surface area contributed by atoms with E-state index in [2.05, 4.69) is 15.9 Å². The van der Waals surface area contributed by atoms with Crippen LogP contribution in [0.1, 0.15) is 15.9 Å². The van der Waals surface area contributed by atoms with E-state index in [1.165, 1.54) is 30.3 Å². The van der Waals surface area contributed by atoms with Crippen LogP contribution in [0.25, 0.3) is 0 Å². The molecule has 21 heavy (non-hydrogen) atoms. The van der Waals surface area contributed by atoms with E-state index in [9.17, 15) is 14.9 Å². The molecule has 0 fully saturated rings. The summed E-state index contributed by atoms with van der Waals surface area (Å²) in [6.45, 7) is 1.67. The van der Waals surface area contributed by atoms with Crippen LogP contribution in [0.4, 0.5) is 5.69 Å². The highest BCUT2D eigenvalue weighted by atomic mass is 79.9. The van der Waals surface area contributed by atoms with Crippen LogP contribution in [0.5, 0.6) is 11.5 Å². The van der Waals surface area contributed by atoms with E-state index in [-0.39, 0.29) is 11.3 Å². The zero-order valence-corrected chi connectivity index (χ0v) is 12.5. The summed E-state index contributed by atoms with van der Waals surface area (Å²) in [6.07, 6.45) is 0. The Kier molecular flexibility index (Phi) is 4.23. The number of non-ortho nitro benzene ring substituents is 1. The molecule has 6 nitrogen and oxygen atoms in total. The van der Waals surface area contributed by atoms with E-state index in [1.54, 1.807) is 13.0 Å². The molecule has 0 aliphatic carbocycles. The maximum absolute atomic E-state index is 10.9. The van der Waals surface area contributed by atoms with Crippen molar-refractivity contribution < 1.29 is 19.6 Å². The lowest BCUT2D eigenvalue weighted by Crippen LogP contribution is -1.99. The van der Waals surface area contributed by atoms with Crippen molar-refractivity contribution in [1.29, 1.82) is 0 Å². The molecule has 0 radical (unpaired) electrons. The van der Waals surface area contributed by atoms with E-state index in [4.69, 9.17) is 9.84 Å². The number of carboxylic acids is 1. The number of carbonyl (C=O) groups is 1. The van der Waals surface area contributed by atoms with Crippen LogP contribution in [-0.2, 0) is 0 Å². The molecule has 0 heterocycles. The van der Waals surface area contributed by atoms with Crippen molar-refractivity contribution in [2.24, 2.45) is 0 Å². The third-order valence-corrected chi connectivity index (χ3v) is 3.40. The second-order valence-corrected chi connectivity index (χ2v) is 5.11. The Bertz CT molecular complexity index is 729. The monoisotopic (exact) mass is 351 g/mol. The minimum absolute atomic E-state index is 0.0494. The fourth-order valence-corrected chi connectivity index (χ4v) is 2.20. The van der Waals surface area contributed by atoms with E-state index in [0.717, 1.165) is 0 Å². The Labute approximate surface area is 128 Å². The van der Waals surface area contributed by atoms with Crippen LogP contribution in [-0.4, -0.2) is 16.0 Å². The van der Waals surface area contributed by atoms with Gasteiger partial charge in [0.05, 0.1) is 15.0 Å². The predicted molar refractivity (Wildman–Crippen MR) is 79.0 cm³/mol. The van der Waals surface area contributed by atoms with Gasteiger partial charge in [-0.05, 0) is 52.7 Å². The Morgan fingerprint density at radius 3 is 2.52 bits per heavy atom. The van der Waals surface area contributed by atoms with Crippen molar-refractivity contribution in [1.82, 2.24) is 0 Å². The Morgan fingerprint density at radius 2 is 2.00 bits per heavy atom. The van der Waals surface area contributed by atoms with Crippen molar-refractivity contribution in [3.05, 3.63) is 62.1 Å². The summed E-state index contributed by atoms with van der Waals surface area (Å²) in [5.74, 6) is -0.148. The van der Waals surface area contributed by atoms with Crippen LogP contribution in [0, 0.1) is 17.0 Å². The number of halogens is 1. The number of rotatable bonds is 4. The molecule has 0 bridgehead atoms. The Hall–Kier alpha value is -2.41. The first-order valence-corrected chi connectivity index (χ1v) is 6.63. The molecular formula is C14H10BrNO5. The number of nitro benzene ring substituents is 1. The fourth-order valence-electron chi connectivity index (χ4n) is 1.75. The summed E-state index contributed by atoms with van der Waals surface area (Å²) in [5, 5.41) is 19.6. The standard InChI is InChI=1S/C14H10BrNO5/c1-8-6-10(3-4-11(8)14(17)18)21-13-5-2-9(16(19)20)7-12(13)15/h2-7H,1H3,(H,17,18). The number of benzene rings is 2. The summed E-state index contributed by atoms with van der Waals surface area (Å²) in [6, 6.07) is 8.73. The molecule has 0 atom stereocenters. The maximum atomic E-state index is 10.9. The molecule has 1 N–H and O–H groups in total. The molecule has 108 valence electrons. The summed E-state index contributed by atoms with van der Waals surface area (Å²) < 4.78 is 6.04. The first kappa shape index (κ1) is 15.0. The van der Waals surface area contributed by atoms with Gasteiger partial charge in [-0.3, -0.25) is 10.1 Å². The highest BCUT2D eigenvalue weighted by Gasteiger charge is 2.12. The SMILES string of the molecule is Cc1cc(Oc2ccc([N+](=O)[O-])cc2Br)ccc1C(=O)O. The van der Waals surface area contributed by atoms with Gasteiger partial charge in [-0.15, -0.1) is 0 Å². The number of aromatic carboxylic acids is 1. The fraction of sp³-hybridized carbons (Fsp3) is 0.0714. The predicted octanol–water partition coefficient (Wildman–Crippen LogP) is 4.16. The van der Waals surface area contributed by atoms with E-state index in [0.29, 0.717) is 21.5 Å². The lowest BCUT2D eigenvalue weighted by Gasteiger charge is -2.09.